The molecule has 1 aliphatic carbocycles. The van der Waals surface area contributed by atoms with E-state index in [0.717, 1.165) is 10.9 Å². The maximum atomic E-state index is 13.4. The number of para-hydroxylation sites is 1. The highest BCUT2D eigenvalue weighted by Gasteiger charge is 2.53. The Labute approximate surface area is 189 Å². The number of nitriles is 1. The SMILES string of the molecule is N#C[C@]12CC[C@@H](O)C(C1)C(=O)n1c2c(CCN2C(=O)c3ccccc3C2=O)c2ccccc21. The molecule has 0 saturated heterocycles. The summed E-state index contributed by atoms with van der Waals surface area (Å²) in [5.74, 6) is -1.43. The van der Waals surface area contributed by atoms with E-state index < -0.39 is 17.4 Å². The third kappa shape index (κ3) is 2.55. The first kappa shape index (κ1) is 19.9. The summed E-state index contributed by atoms with van der Waals surface area (Å²) in [7, 11) is 0. The predicted molar refractivity (Wildman–Crippen MR) is 119 cm³/mol. The molecule has 6 rings (SSSR count). The first-order chi connectivity index (χ1) is 16.0. The Bertz CT molecular complexity index is 1380. The molecule has 2 aromatic carbocycles. The molecule has 0 radical (unpaired) electrons. The second-order valence-corrected chi connectivity index (χ2v) is 9.19. The van der Waals surface area contributed by atoms with Gasteiger partial charge in [0.15, 0.2) is 0 Å². The third-order valence-electron chi connectivity index (χ3n) is 7.55. The summed E-state index contributed by atoms with van der Waals surface area (Å²) in [5.41, 5.74) is 2.11. The Morgan fingerprint density at radius 1 is 1.03 bits per heavy atom. The Balaban J connectivity index is 1.47. The lowest BCUT2D eigenvalue weighted by Crippen LogP contribution is -2.50. The van der Waals surface area contributed by atoms with Gasteiger partial charge in [0, 0.05) is 11.9 Å². The van der Waals surface area contributed by atoms with Gasteiger partial charge >= 0.3 is 0 Å². The van der Waals surface area contributed by atoms with Crippen LogP contribution in [0.3, 0.4) is 0 Å². The summed E-state index contributed by atoms with van der Waals surface area (Å²) in [6, 6.07) is 16.7. The van der Waals surface area contributed by atoms with Gasteiger partial charge in [-0.05, 0) is 49.4 Å². The van der Waals surface area contributed by atoms with Crippen molar-refractivity contribution < 1.29 is 19.5 Å². The summed E-state index contributed by atoms with van der Waals surface area (Å²) in [4.78, 5) is 40.4. The van der Waals surface area contributed by atoms with E-state index in [0.29, 0.717) is 48.0 Å². The number of aromatic nitrogens is 1. The minimum absolute atomic E-state index is 0.162. The van der Waals surface area contributed by atoms with Gasteiger partial charge in [0.25, 0.3) is 11.8 Å². The predicted octanol–water partition coefficient (Wildman–Crippen LogP) is 3.06. The second kappa shape index (κ2) is 6.87. The highest BCUT2D eigenvalue weighted by molar-refractivity contribution is 6.21. The van der Waals surface area contributed by atoms with Gasteiger partial charge < -0.3 is 5.11 Å². The van der Waals surface area contributed by atoms with E-state index in [9.17, 15) is 24.8 Å². The van der Waals surface area contributed by atoms with Gasteiger partial charge in [0.2, 0.25) is 5.91 Å². The number of rotatable bonds is 3. The molecule has 2 amide bonds. The van der Waals surface area contributed by atoms with E-state index in [-0.39, 0.29) is 24.3 Å². The summed E-state index contributed by atoms with van der Waals surface area (Å²) >= 11 is 0. The van der Waals surface area contributed by atoms with Gasteiger partial charge in [-0.3, -0.25) is 23.9 Å². The molecule has 7 heteroatoms. The van der Waals surface area contributed by atoms with Crippen LogP contribution in [0, 0.1) is 17.2 Å². The van der Waals surface area contributed by atoms with Crippen LogP contribution in [0.15, 0.2) is 48.5 Å². The van der Waals surface area contributed by atoms with Crippen molar-refractivity contribution in [1.29, 1.82) is 5.26 Å². The zero-order chi connectivity index (χ0) is 22.9. The van der Waals surface area contributed by atoms with Crippen LogP contribution in [-0.4, -0.2) is 44.9 Å². The quantitative estimate of drug-likeness (QED) is 0.632. The number of imide groups is 1. The number of carbonyl (C=O) groups is 3. The molecule has 1 fully saturated rings. The molecule has 3 aromatic rings. The molecule has 33 heavy (non-hydrogen) atoms. The van der Waals surface area contributed by atoms with E-state index in [4.69, 9.17) is 0 Å². The molecule has 1 aromatic heterocycles. The number of hydrogen-bond donors (Lipinski definition) is 1. The van der Waals surface area contributed by atoms with Crippen molar-refractivity contribution >= 4 is 28.6 Å². The molecule has 1 saturated carbocycles. The Hall–Kier alpha value is -3.76. The van der Waals surface area contributed by atoms with Gasteiger partial charge in [-0.15, -0.1) is 0 Å². The monoisotopic (exact) mass is 439 g/mol. The van der Waals surface area contributed by atoms with Crippen LogP contribution in [0.4, 0.5) is 0 Å². The van der Waals surface area contributed by atoms with Gasteiger partial charge in [-0.25, -0.2) is 0 Å². The summed E-state index contributed by atoms with van der Waals surface area (Å²) in [5, 5.41) is 21.6. The Morgan fingerprint density at radius 3 is 2.39 bits per heavy atom. The molecular weight excluding hydrogens is 418 g/mol. The molecule has 3 aliphatic rings. The molecule has 7 nitrogen and oxygen atoms in total. The van der Waals surface area contributed by atoms with Crippen LogP contribution < -0.4 is 0 Å². The van der Waals surface area contributed by atoms with Gasteiger partial charge in [0.05, 0.1) is 45.8 Å². The van der Waals surface area contributed by atoms with E-state index >= 15 is 0 Å². The standard InChI is InChI=1S/C26H21N3O4/c27-14-26-11-9-21(30)19(13-26)25(33)29-20-8-4-3-5-15(20)16(22(26)29)10-12-28-23(31)17-6-1-2-7-18(17)24(28)32/h1-8,19,21,30H,9-13H2/t19?,21-,26+/m1/s1. The van der Waals surface area contributed by atoms with Crippen LogP contribution in [0.2, 0.25) is 0 Å². The smallest absolute Gasteiger partial charge is 0.261 e. The van der Waals surface area contributed by atoms with Crippen molar-refractivity contribution in [3.05, 3.63) is 70.9 Å². The van der Waals surface area contributed by atoms with Gasteiger partial charge in [0.1, 0.15) is 0 Å². The van der Waals surface area contributed by atoms with Crippen LogP contribution >= 0.6 is 0 Å². The van der Waals surface area contributed by atoms with Crippen molar-refractivity contribution in [2.45, 2.75) is 37.2 Å². The highest BCUT2D eigenvalue weighted by Crippen LogP contribution is 2.50. The molecule has 0 spiro atoms. The fourth-order valence-corrected chi connectivity index (χ4v) is 5.95. The maximum Gasteiger partial charge on any atom is 0.261 e. The van der Waals surface area contributed by atoms with Crippen molar-refractivity contribution in [3.63, 3.8) is 0 Å². The minimum Gasteiger partial charge on any atom is -0.392 e. The molecule has 3 heterocycles. The van der Waals surface area contributed by atoms with Crippen LogP contribution in [0.1, 0.15) is 56.0 Å². The number of aliphatic hydroxyl groups is 1. The lowest BCUT2D eigenvalue weighted by atomic mass is 9.64. The first-order valence-corrected chi connectivity index (χ1v) is 11.2. The van der Waals surface area contributed by atoms with Crippen molar-refractivity contribution in [3.8, 4) is 6.07 Å². The number of hydrogen-bond acceptors (Lipinski definition) is 5. The number of aliphatic hydroxyl groups excluding tert-OH is 1. The number of amides is 2. The second-order valence-electron chi connectivity index (χ2n) is 9.19. The normalized spacial score (nSPS) is 25.8. The number of carbonyl (C=O) groups excluding carboxylic acids is 3. The molecule has 3 atom stereocenters. The van der Waals surface area contributed by atoms with E-state index in [2.05, 4.69) is 6.07 Å². The molecule has 2 bridgehead atoms. The number of fused-ring (bicyclic) bond motifs is 7. The number of nitrogens with zero attached hydrogens (tertiary/aromatic N) is 3. The maximum absolute atomic E-state index is 13.4. The Morgan fingerprint density at radius 2 is 1.70 bits per heavy atom. The highest BCUT2D eigenvalue weighted by atomic mass is 16.3. The topological polar surface area (TPSA) is 103 Å². The van der Waals surface area contributed by atoms with E-state index in [1.54, 1.807) is 28.8 Å². The lowest BCUT2D eigenvalue weighted by Gasteiger charge is -2.43. The molecular formula is C26H21N3O4. The summed E-state index contributed by atoms with van der Waals surface area (Å²) in [6.07, 6.45) is 0.738. The van der Waals surface area contributed by atoms with E-state index in [1.165, 1.54) is 4.90 Å². The van der Waals surface area contributed by atoms with Crippen molar-refractivity contribution in [2.24, 2.45) is 5.92 Å². The zero-order valence-electron chi connectivity index (χ0n) is 17.8. The average Bonchev–Trinajstić information content (AvgIpc) is 3.30. The van der Waals surface area contributed by atoms with Gasteiger partial charge in [-0.2, -0.15) is 5.26 Å². The fourth-order valence-electron chi connectivity index (χ4n) is 5.95. The Kier molecular flexibility index (Phi) is 4.14. The lowest BCUT2D eigenvalue weighted by molar-refractivity contribution is 0.0250. The fraction of sp³-hybridized carbons (Fsp3) is 0.308. The first-order valence-electron chi connectivity index (χ1n) is 11.2. The molecule has 2 aliphatic heterocycles. The van der Waals surface area contributed by atoms with Crippen molar-refractivity contribution in [2.75, 3.05) is 6.54 Å². The van der Waals surface area contributed by atoms with E-state index in [1.807, 2.05) is 24.3 Å². The van der Waals surface area contributed by atoms with Crippen LogP contribution in [-0.2, 0) is 11.8 Å². The number of benzene rings is 2. The largest absolute Gasteiger partial charge is 0.392 e. The summed E-state index contributed by atoms with van der Waals surface area (Å²) in [6.45, 7) is 0.162. The third-order valence-corrected chi connectivity index (χ3v) is 7.55. The van der Waals surface area contributed by atoms with Gasteiger partial charge in [-0.1, -0.05) is 30.3 Å². The molecule has 1 unspecified atom stereocenters. The zero-order valence-corrected chi connectivity index (χ0v) is 17.8. The average molecular weight is 439 g/mol. The van der Waals surface area contributed by atoms with Crippen molar-refractivity contribution in [1.82, 2.24) is 9.47 Å². The van der Waals surface area contributed by atoms with Crippen LogP contribution in [0.25, 0.3) is 10.9 Å². The molecule has 1 N–H and O–H groups in total. The minimum atomic E-state index is -0.881. The van der Waals surface area contributed by atoms with Crippen LogP contribution in [0.5, 0.6) is 0 Å². The summed E-state index contributed by atoms with van der Waals surface area (Å²) < 4.78 is 1.62. The molecule has 164 valence electrons.